The molecule has 1 aromatic rings. The Bertz CT molecular complexity index is 540. The molecule has 0 aliphatic carbocycles. The van der Waals surface area contributed by atoms with Gasteiger partial charge in [-0.05, 0) is 45.2 Å². The summed E-state index contributed by atoms with van der Waals surface area (Å²) in [5.41, 5.74) is 1.21. The van der Waals surface area contributed by atoms with Gasteiger partial charge in [0.2, 0.25) is 0 Å². The molecule has 26 heavy (non-hydrogen) atoms. The number of hydrogen-bond donors (Lipinski definition) is 3. The molecule has 1 aliphatic heterocycles. The fourth-order valence-electron chi connectivity index (χ4n) is 2.98. The average molecular weight is 364 g/mol. The van der Waals surface area contributed by atoms with Crippen LogP contribution in [-0.4, -0.2) is 57.1 Å². The second-order valence-corrected chi connectivity index (χ2v) is 6.91. The predicted molar refractivity (Wildman–Crippen MR) is 105 cm³/mol. The van der Waals surface area contributed by atoms with Gasteiger partial charge in [0.15, 0.2) is 5.96 Å². The summed E-state index contributed by atoms with van der Waals surface area (Å²) >= 11 is 0. The minimum Gasteiger partial charge on any atom is -0.494 e. The van der Waals surface area contributed by atoms with E-state index in [-0.39, 0.29) is 12.0 Å². The minimum atomic E-state index is -0.0222. The molecular formula is C20H33N3O3. The Morgan fingerprint density at radius 1 is 1.31 bits per heavy atom. The lowest BCUT2D eigenvalue weighted by Crippen LogP contribution is -2.39. The normalized spacial score (nSPS) is 20.2. The Hall–Kier alpha value is -1.79. The second-order valence-electron chi connectivity index (χ2n) is 6.91. The van der Waals surface area contributed by atoms with Gasteiger partial charge in [0.1, 0.15) is 5.75 Å². The van der Waals surface area contributed by atoms with Gasteiger partial charge in [-0.3, -0.25) is 4.99 Å². The zero-order valence-corrected chi connectivity index (χ0v) is 16.1. The SMILES string of the molecule is CCNC(=NCC1(CCO)CCOC1)NCCCOc1ccc(C)cc1. The summed E-state index contributed by atoms with van der Waals surface area (Å²) < 4.78 is 11.3. The summed E-state index contributed by atoms with van der Waals surface area (Å²) in [5.74, 6) is 1.72. The third-order valence-electron chi connectivity index (χ3n) is 4.65. The summed E-state index contributed by atoms with van der Waals surface area (Å²) in [5, 5.41) is 16.0. The Balaban J connectivity index is 1.73. The van der Waals surface area contributed by atoms with Gasteiger partial charge in [0, 0.05) is 31.7 Å². The Morgan fingerprint density at radius 3 is 2.77 bits per heavy atom. The van der Waals surface area contributed by atoms with Crippen LogP contribution >= 0.6 is 0 Å². The number of rotatable bonds is 10. The number of aliphatic hydroxyl groups excluding tert-OH is 1. The molecule has 1 heterocycles. The summed E-state index contributed by atoms with van der Waals surface area (Å²) in [7, 11) is 0. The first kappa shape index (κ1) is 20.5. The number of aryl methyl sites for hydroxylation is 1. The van der Waals surface area contributed by atoms with Crippen LogP contribution in [0.15, 0.2) is 29.3 Å². The third-order valence-corrected chi connectivity index (χ3v) is 4.65. The van der Waals surface area contributed by atoms with Crippen LogP contribution in [0, 0.1) is 12.3 Å². The maximum absolute atomic E-state index is 9.32. The van der Waals surface area contributed by atoms with Crippen molar-refractivity contribution in [3.8, 4) is 5.75 Å². The van der Waals surface area contributed by atoms with Gasteiger partial charge >= 0.3 is 0 Å². The molecule has 6 nitrogen and oxygen atoms in total. The lowest BCUT2D eigenvalue weighted by molar-refractivity contribution is 0.131. The number of benzene rings is 1. The van der Waals surface area contributed by atoms with E-state index in [1.165, 1.54) is 5.56 Å². The fraction of sp³-hybridized carbons (Fsp3) is 0.650. The molecule has 1 atom stereocenters. The van der Waals surface area contributed by atoms with Crippen molar-refractivity contribution in [2.45, 2.75) is 33.1 Å². The minimum absolute atomic E-state index is 0.0222. The van der Waals surface area contributed by atoms with E-state index in [2.05, 4.69) is 36.6 Å². The molecule has 1 saturated heterocycles. The largest absolute Gasteiger partial charge is 0.494 e. The first-order valence-electron chi connectivity index (χ1n) is 9.58. The summed E-state index contributed by atoms with van der Waals surface area (Å²) in [6.45, 7) is 8.68. The number of nitrogens with zero attached hydrogens (tertiary/aromatic N) is 1. The molecule has 0 radical (unpaired) electrons. The van der Waals surface area contributed by atoms with Gasteiger partial charge in [0.05, 0.1) is 19.8 Å². The Kier molecular flexibility index (Phi) is 8.71. The summed E-state index contributed by atoms with van der Waals surface area (Å²) in [6, 6.07) is 8.11. The van der Waals surface area contributed by atoms with E-state index in [0.29, 0.717) is 19.8 Å². The molecule has 0 saturated carbocycles. The number of aliphatic hydroxyl groups is 1. The smallest absolute Gasteiger partial charge is 0.191 e. The van der Waals surface area contributed by atoms with Crippen molar-refractivity contribution in [2.75, 3.05) is 46.1 Å². The topological polar surface area (TPSA) is 75.1 Å². The van der Waals surface area contributed by atoms with Crippen molar-refractivity contribution in [3.05, 3.63) is 29.8 Å². The van der Waals surface area contributed by atoms with Crippen LogP contribution in [0.1, 0.15) is 31.7 Å². The highest BCUT2D eigenvalue weighted by Gasteiger charge is 2.34. The third kappa shape index (κ3) is 6.84. The predicted octanol–water partition coefficient (Wildman–Crippen LogP) is 2.11. The molecule has 146 valence electrons. The van der Waals surface area contributed by atoms with E-state index >= 15 is 0 Å². The Morgan fingerprint density at radius 2 is 2.12 bits per heavy atom. The van der Waals surface area contributed by atoms with Crippen molar-refractivity contribution < 1.29 is 14.6 Å². The average Bonchev–Trinajstić information content (AvgIpc) is 3.10. The van der Waals surface area contributed by atoms with E-state index in [0.717, 1.165) is 50.7 Å². The van der Waals surface area contributed by atoms with Crippen LogP contribution in [0.2, 0.25) is 0 Å². The highest BCUT2D eigenvalue weighted by molar-refractivity contribution is 5.79. The van der Waals surface area contributed by atoms with Gasteiger partial charge in [-0.25, -0.2) is 0 Å². The van der Waals surface area contributed by atoms with Gasteiger partial charge < -0.3 is 25.2 Å². The zero-order valence-electron chi connectivity index (χ0n) is 16.1. The molecule has 3 N–H and O–H groups in total. The van der Waals surface area contributed by atoms with Crippen LogP contribution in [0.25, 0.3) is 0 Å². The molecule has 0 aromatic heterocycles. The molecule has 2 rings (SSSR count). The van der Waals surface area contributed by atoms with Crippen LogP contribution in [0.4, 0.5) is 0 Å². The number of aliphatic imine (C=N–C) groups is 1. The lowest BCUT2D eigenvalue weighted by Gasteiger charge is -2.24. The summed E-state index contributed by atoms with van der Waals surface area (Å²) in [6.07, 6.45) is 2.59. The number of guanidine groups is 1. The van der Waals surface area contributed by atoms with Crippen LogP contribution in [0.5, 0.6) is 5.75 Å². The molecule has 1 unspecified atom stereocenters. The summed E-state index contributed by atoms with van der Waals surface area (Å²) in [4.78, 5) is 4.71. The van der Waals surface area contributed by atoms with Crippen molar-refractivity contribution >= 4 is 5.96 Å². The van der Waals surface area contributed by atoms with Crippen LogP contribution in [0.3, 0.4) is 0 Å². The molecule has 0 bridgehead atoms. The molecule has 0 amide bonds. The highest BCUT2D eigenvalue weighted by atomic mass is 16.5. The number of ether oxygens (including phenoxy) is 2. The zero-order chi connectivity index (χ0) is 18.7. The van der Waals surface area contributed by atoms with Crippen molar-refractivity contribution in [1.29, 1.82) is 0 Å². The van der Waals surface area contributed by atoms with Crippen molar-refractivity contribution in [1.82, 2.24) is 10.6 Å². The first-order valence-corrected chi connectivity index (χ1v) is 9.58. The van der Waals surface area contributed by atoms with Crippen molar-refractivity contribution in [3.63, 3.8) is 0 Å². The molecule has 0 spiro atoms. The quantitative estimate of drug-likeness (QED) is 0.337. The number of nitrogens with one attached hydrogen (secondary N) is 2. The van der Waals surface area contributed by atoms with Crippen molar-refractivity contribution in [2.24, 2.45) is 10.4 Å². The lowest BCUT2D eigenvalue weighted by atomic mass is 9.84. The number of hydrogen-bond acceptors (Lipinski definition) is 4. The van der Waals surface area contributed by atoms with Gasteiger partial charge in [0.25, 0.3) is 0 Å². The van der Waals surface area contributed by atoms with E-state index in [4.69, 9.17) is 14.5 Å². The van der Waals surface area contributed by atoms with Gasteiger partial charge in [-0.15, -0.1) is 0 Å². The van der Waals surface area contributed by atoms with Crippen LogP contribution in [-0.2, 0) is 4.74 Å². The molecule has 6 heteroatoms. The standard InChI is InChI=1S/C20H33N3O3/c1-3-21-19(23-15-20(9-12-24)10-14-25-16-20)22-11-4-13-26-18-7-5-17(2)6-8-18/h5-8,24H,3-4,9-16H2,1-2H3,(H2,21,22,23). The fourth-order valence-corrected chi connectivity index (χ4v) is 2.98. The van der Waals surface area contributed by atoms with E-state index < -0.39 is 0 Å². The Labute approximate surface area is 157 Å². The molecular weight excluding hydrogens is 330 g/mol. The van der Waals surface area contributed by atoms with Gasteiger partial charge in [-0.1, -0.05) is 17.7 Å². The van der Waals surface area contributed by atoms with E-state index in [1.54, 1.807) is 0 Å². The van der Waals surface area contributed by atoms with E-state index in [1.807, 2.05) is 12.1 Å². The molecule has 1 aliphatic rings. The first-order chi connectivity index (χ1) is 12.7. The van der Waals surface area contributed by atoms with E-state index in [9.17, 15) is 5.11 Å². The van der Waals surface area contributed by atoms with Crippen LogP contribution < -0.4 is 15.4 Å². The monoisotopic (exact) mass is 363 g/mol. The molecule has 1 aromatic carbocycles. The second kappa shape index (κ2) is 11.0. The maximum Gasteiger partial charge on any atom is 0.191 e. The highest BCUT2D eigenvalue weighted by Crippen LogP contribution is 2.32. The molecule has 1 fully saturated rings. The van der Waals surface area contributed by atoms with Gasteiger partial charge in [-0.2, -0.15) is 0 Å². The maximum atomic E-state index is 9.32.